The Hall–Kier alpha value is -5.06. The first-order chi connectivity index (χ1) is 17.9. The standard InChI is InChI=1S/C26H23N7O4/c1-32-22-12-9-19(24(34)27-14-16-5-10-20(37-2)11-6-16)13-21(22)25(35)33(26(32)36)15-17-3-7-18(8-4-17)23-28-30-31-29-23/h3-13H,14-15H2,1-2H3,(H,27,34)(H,28,29,30,31). The van der Waals surface area contributed by atoms with Crippen molar-refractivity contribution in [3.05, 3.63) is 104 Å². The molecular formula is C26H23N7O4. The quantitative estimate of drug-likeness (QED) is 0.350. The van der Waals surface area contributed by atoms with Crippen LogP contribution in [0.1, 0.15) is 21.5 Å². The van der Waals surface area contributed by atoms with Gasteiger partial charge in [0.1, 0.15) is 5.75 Å². The van der Waals surface area contributed by atoms with E-state index < -0.39 is 11.2 Å². The number of aromatic nitrogens is 6. The van der Waals surface area contributed by atoms with Crippen molar-refractivity contribution in [2.75, 3.05) is 7.11 Å². The Labute approximate surface area is 210 Å². The second kappa shape index (κ2) is 9.90. The average Bonchev–Trinajstić information content (AvgIpc) is 3.48. The van der Waals surface area contributed by atoms with Crippen LogP contribution in [0, 0.1) is 0 Å². The largest absolute Gasteiger partial charge is 0.497 e. The summed E-state index contributed by atoms with van der Waals surface area (Å²) in [5, 5.41) is 17.0. The molecule has 0 spiro atoms. The molecule has 0 aliphatic heterocycles. The number of nitrogens with one attached hydrogen (secondary N) is 2. The molecule has 0 aliphatic rings. The molecule has 5 rings (SSSR count). The van der Waals surface area contributed by atoms with E-state index in [-0.39, 0.29) is 17.8 Å². The number of carbonyl (C=O) groups is 1. The van der Waals surface area contributed by atoms with Crippen LogP contribution in [-0.2, 0) is 20.1 Å². The maximum Gasteiger partial charge on any atom is 0.331 e. The van der Waals surface area contributed by atoms with Gasteiger partial charge in [0.2, 0.25) is 5.82 Å². The fourth-order valence-corrected chi connectivity index (χ4v) is 4.05. The molecule has 2 aromatic heterocycles. The number of aromatic amines is 1. The van der Waals surface area contributed by atoms with E-state index in [1.807, 2.05) is 24.3 Å². The molecule has 3 aromatic carbocycles. The van der Waals surface area contributed by atoms with Crippen LogP contribution in [0.25, 0.3) is 22.3 Å². The van der Waals surface area contributed by atoms with Crippen molar-refractivity contribution in [2.45, 2.75) is 13.1 Å². The monoisotopic (exact) mass is 497 g/mol. The van der Waals surface area contributed by atoms with Gasteiger partial charge in [0.05, 0.1) is 24.6 Å². The number of aryl methyl sites for hydroxylation is 1. The van der Waals surface area contributed by atoms with E-state index in [0.717, 1.165) is 27.0 Å². The van der Waals surface area contributed by atoms with Crippen molar-refractivity contribution < 1.29 is 9.53 Å². The van der Waals surface area contributed by atoms with Crippen molar-refractivity contribution in [1.82, 2.24) is 35.1 Å². The third kappa shape index (κ3) is 4.74. The molecule has 0 unspecified atom stereocenters. The van der Waals surface area contributed by atoms with Crippen LogP contribution in [0.4, 0.5) is 0 Å². The summed E-state index contributed by atoms with van der Waals surface area (Å²) >= 11 is 0. The summed E-state index contributed by atoms with van der Waals surface area (Å²) in [4.78, 5) is 39.2. The molecule has 0 atom stereocenters. The molecule has 0 bridgehead atoms. The number of tetrazole rings is 1. The van der Waals surface area contributed by atoms with Gasteiger partial charge in [-0.3, -0.25) is 18.7 Å². The number of carbonyl (C=O) groups excluding carboxylic acids is 1. The van der Waals surface area contributed by atoms with Gasteiger partial charge in [0.15, 0.2) is 0 Å². The summed E-state index contributed by atoms with van der Waals surface area (Å²) in [7, 11) is 3.19. The van der Waals surface area contributed by atoms with Crippen LogP contribution in [0.2, 0.25) is 0 Å². The van der Waals surface area contributed by atoms with Gasteiger partial charge in [-0.1, -0.05) is 36.4 Å². The summed E-state index contributed by atoms with van der Waals surface area (Å²) in [5.41, 5.74) is 2.27. The van der Waals surface area contributed by atoms with Gasteiger partial charge in [0, 0.05) is 24.7 Å². The van der Waals surface area contributed by atoms with Gasteiger partial charge in [-0.25, -0.2) is 4.79 Å². The van der Waals surface area contributed by atoms with E-state index in [1.165, 1.54) is 10.6 Å². The average molecular weight is 498 g/mol. The van der Waals surface area contributed by atoms with Crippen LogP contribution in [-0.4, -0.2) is 42.8 Å². The molecule has 37 heavy (non-hydrogen) atoms. The normalized spacial score (nSPS) is 11.0. The molecule has 0 radical (unpaired) electrons. The highest BCUT2D eigenvalue weighted by atomic mass is 16.5. The second-order valence-electron chi connectivity index (χ2n) is 8.43. The highest BCUT2D eigenvalue weighted by Gasteiger charge is 2.15. The number of hydrogen-bond acceptors (Lipinski definition) is 7. The Kier molecular flexibility index (Phi) is 6.33. The zero-order valence-corrected chi connectivity index (χ0v) is 20.1. The van der Waals surface area contributed by atoms with Gasteiger partial charge in [-0.05, 0) is 46.7 Å². The lowest BCUT2D eigenvalue weighted by atomic mass is 10.1. The maximum atomic E-state index is 13.3. The smallest absolute Gasteiger partial charge is 0.331 e. The number of benzene rings is 3. The van der Waals surface area contributed by atoms with Crippen molar-refractivity contribution in [1.29, 1.82) is 0 Å². The zero-order valence-electron chi connectivity index (χ0n) is 20.1. The van der Waals surface area contributed by atoms with Crippen LogP contribution in [0.5, 0.6) is 5.75 Å². The lowest BCUT2D eigenvalue weighted by Crippen LogP contribution is -2.39. The molecule has 186 valence electrons. The van der Waals surface area contributed by atoms with E-state index in [0.29, 0.717) is 23.4 Å². The first kappa shape index (κ1) is 23.7. The molecule has 5 aromatic rings. The number of ether oxygens (including phenoxy) is 1. The molecule has 0 fully saturated rings. The highest BCUT2D eigenvalue weighted by molar-refractivity contribution is 5.97. The minimum absolute atomic E-state index is 0.0713. The fourth-order valence-electron chi connectivity index (χ4n) is 4.05. The van der Waals surface area contributed by atoms with E-state index in [2.05, 4.69) is 25.9 Å². The Morgan fingerprint density at radius 2 is 1.73 bits per heavy atom. The highest BCUT2D eigenvalue weighted by Crippen LogP contribution is 2.16. The zero-order chi connectivity index (χ0) is 25.9. The van der Waals surface area contributed by atoms with Gasteiger partial charge in [0.25, 0.3) is 11.5 Å². The predicted molar refractivity (Wildman–Crippen MR) is 136 cm³/mol. The molecule has 0 saturated carbocycles. The summed E-state index contributed by atoms with van der Waals surface area (Å²) < 4.78 is 7.71. The lowest BCUT2D eigenvalue weighted by molar-refractivity contribution is 0.0951. The van der Waals surface area contributed by atoms with Crippen molar-refractivity contribution in [2.24, 2.45) is 7.05 Å². The molecule has 0 aliphatic carbocycles. The Morgan fingerprint density at radius 3 is 2.41 bits per heavy atom. The molecular weight excluding hydrogens is 474 g/mol. The van der Waals surface area contributed by atoms with E-state index in [1.54, 1.807) is 50.6 Å². The minimum Gasteiger partial charge on any atom is -0.497 e. The number of amides is 1. The third-order valence-electron chi connectivity index (χ3n) is 6.12. The van der Waals surface area contributed by atoms with Gasteiger partial charge in [-0.15, -0.1) is 10.2 Å². The topological polar surface area (TPSA) is 137 Å². The molecule has 11 nitrogen and oxygen atoms in total. The van der Waals surface area contributed by atoms with Crippen LogP contribution >= 0.6 is 0 Å². The molecule has 1 amide bonds. The predicted octanol–water partition coefficient (Wildman–Crippen LogP) is 1.87. The maximum absolute atomic E-state index is 13.3. The number of nitrogens with zero attached hydrogens (tertiary/aromatic N) is 5. The SMILES string of the molecule is COc1ccc(CNC(=O)c2ccc3c(c2)c(=O)n(Cc2ccc(-c4nn[nH]n4)cc2)c(=O)n3C)cc1. The van der Waals surface area contributed by atoms with Crippen molar-refractivity contribution in [3.8, 4) is 17.1 Å². The molecule has 11 heteroatoms. The fraction of sp³-hybridized carbons (Fsp3) is 0.154. The van der Waals surface area contributed by atoms with Crippen molar-refractivity contribution in [3.63, 3.8) is 0 Å². The lowest BCUT2D eigenvalue weighted by Gasteiger charge is -2.12. The van der Waals surface area contributed by atoms with E-state index in [9.17, 15) is 14.4 Å². The number of rotatable bonds is 7. The number of hydrogen-bond donors (Lipinski definition) is 2. The minimum atomic E-state index is -0.467. The van der Waals surface area contributed by atoms with E-state index >= 15 is 0 Å². The third-order valence-corrected chi connectivity index (χ3v) is 6.12. The summed E-state index contributed by atoms with van der Waals surface area (Å²) in [5.74, 6) is 0.854. The van der Waals surface area contributed by atoms with Crippen LogP contribution in [0.15, 0.2) is 76.3 Å². The molecule has 0 saturated heterocycles. The van der Waals surface area contributed by atoms with Crippen LogP contribution in [0.3, 0.4) is 0 Å². The van der Waals surface area contributed by atoms with Gasteiger partial charge >= 0.3 is 5.69 Å². The van der Waals surface area contributed by atoms with Crippen LogP contribution < -0.4 is 21.3 Å². The van der Waals surface area contributed by atoms with Crippen molar-refractivity contribution >= 4 is 16.8 Å². The number of methoxy groups -OCH3 is 1. The Bertz CT molecular complexity index is 1690. The Morgan fingerprint density at radius 1 is 1.00 bits per heavy atom. The number of fused-ring (bicyclic) bond motifs is 1. The first-order valence-corrected chi connectivity index (χ1v) is 11.4. The molecule has 2 heterocycles. The summed E-state index contributed by atoms with van der Waals surface area (Å²) in [6.45, 7) is 0.389. The van der Waals surface area contributed by atoms with E-state index in [4.69, 9.17) is 4.74 Å². The van der Waals surface area contributed by atoms with Gasteiger partial charge < -0.3 is 10.1 Å². The summed E-state index contributed by atoms with van der Waals surface area (Å²) in [6.07, 6.45) is 0. The molecule has 2 N–H and O–H groups in total. The number of H-pyrrole nitrogens is 1. The summed E-state index contributed by atoms with van der Waals surface area (Å²) in [6, 6.07) is 19.3. The van der Waals surface area contributed by atoms with Gasteiger partial charge in [-0.2, -0.15) is 5.21 Å². The second-order valence-corrected chi connectivity index (χ2v) is 8.43. The Balaban J connectivity index is 1.41. The first-order valence-electron chi connectivity index (χ1n) is 11.4.